The van der Waals surface area contributed by atoms with Crippen molar-refractivity contribution >= 4 is 59.9 Å². The van der Waals surface area contributed by atoms with Crippen LogP contribution >= 0.6 is 38.9 Å². The number of thiazole rings is 1. The Morgan fingerprint density at radius 1 is 1.26 bits per heavy atom. The van der Waals surface area contributed by atoms with Gasteiger partial charge < -0.3 is 5.32 Å². The number of halogens is 2. The van der Waals surface area contributed by atoms with Crippen LogP contribution in [-0.4, -0.2) is 4.98 Å². The van der Waals surface area contributed by atoms with Crippen molar-refractivity contribution in [1.29, 1.82) is 0 Å². The molecule has 0 spiro atoms. The third kappa shape index (κ3) is 2.61. The molecule has 96 valence electrons. The van der Waals surface area contributed by atoms with E-state index in [0.717, 1.165) is 30.5 Å². The minimum absolute atomic E-state index is 0.742. The van der Waals surface area contributed by atoms with Gasteiger partial charge in [-0.1, -0.05) is 35.1 Å². The Balaban J connectivity index is 2.01. The number of fused-ring (bicyclic) bond motifs is 1. The van der Waals surface area contributed by atoms with Gasteiger partial charge in [0.15, 0.2) is 5.13 Å². The summed E-state index contributed by atoms with van der Waals surface area (Å²) in [5.41, 5.74) is 3.13. The van der Waals surface area contributed by atoms with Gasteiger partial charge in [-0.25, -0.2) is 4.98 Å². The fourth-order valence-electron chi connectivity index (χ4n) is 1.82. The zero-order valence-electron chi connectivity index (χ0n) is 10.1. The van der Waals surface area contributed by atoms with Crippen molar-refractivity contribution in [2.75, 3.05) is 5.32 Å². The first-order valence-corrected chi connectivity index (χ1v) is 7.70. The van der Waals surface area contributed by atoms with Crippen molar-refractivity contribution in [3.8, 4) is 0 Å². The predicted octanol–water partition coefficient (Wildman–Crippen LogP) is 5.76. The molecule has 0 aliphatic carbocycles. The molecule has 0 aliphatic rings. The Labute approximate surface area is 128 Å². The van der Waals surface area contributed by atoms with E-state index in [0.29, 0.717) is 0 Å². The maximum Gasteiger partial charge on any atom is 0.188 e. The SMILES string of the molecule is Cc1ccc(Br)c(Nc2nc3cccc(Cl)c3s2)c1. The molecule has 2 aromatic carbocycles. The zero-order chi connectivity index (χ0) is 13.4. The average molecular weight is 354 g/mol. The van der Waals surface area contributed by atoms with Crippen molar-refractivity contribution in [1.82, 2.24) is 4.98 Å². The van der Waals surface area contributed by atoms with E-state index in [9.17, 15) is 0 Å². The molecule has 1 heterocycles. The summed E-state index contributed by atoms with van der Waals surface area (Å²) < 4.78 is 2.03. The van der Waals surface area contributed by atoms with E-state index in [1.165, 1.54) is 5.56 Å². The normalized spacial score (nSPS) is 10.9. The maximum atomic E-state index is 6.16. The van der Waals surface area contributed by atoms with E-state index in [4.69, 9.17) is 11.6 Å². The summed E-state index contributed by atoms with van der Waals surface area (Å²) in [5, 5.41) is 4.92. The van der Waals surface area contributed by atoms with Crippen molar-refractivity contribution in [3.63, 3.8) is 0 Å². The number of nitrogens with zero attached hydrogens (tertiary/aromatic N) is 1. The van der Waals surface area contributed by atoms with Crippen molar-refractivity contribution in [2.24, 2.45) is 0 Å². The maximum absolute atomic E-state index is 6.16. The first-order chi connectivity index (χ1) is 9.13. The third-order valence-corrected chi connectivity index (χ3v) is 4.87. The highest BCUT2D eigenvalue weighted by Crippen LogP contribution is 2.34. The van der Waals surface area contributed by atoms with Crippen LogP contribution in [-0.2, 0) is 0 Å². The lowest BCUT2D eigenvalue weighted by Crippen LogP contribution is -1.90. The number of hydrogen-bond acceptors (Lipinski definition) is 3. The minimum Gasteiger partial charge on any atom is -0.331 e. The Morgan fingerprint density at radius 2 is 2.11 bits per heavy atom. The van der Waals surface area contributed by atoms with Gasteiger partial charge in [-0.15, -0.1) is 0 Å². The molecule has 0 atom stereocenters. The lowest BCUT2D eigenvalue weighted by molar-refractivity contribution is 1.40. The second-order valence-electron chi connectivity index (χ2n) is 4.22. The standard InChI is InChI=1S/C14H10BrClN2S/c1-8-5-6-9(15)12(7-8)18-14-17-11-4-2-3-10(16)13(11)19-14/h2-7H,1H3,(H,17,18). The molecule has 1 N–H and O–H groups in total. The minimum atomic E-state index is 0.742. The number of anilines is 2. The summed E-state index contributed by atoms with van der Waals surface area (Å²) in [6.45, 7) is 2.06. The molecule has 1 aromatic heterocycles. The summed E-state index contributed by atoms with van der Waals surface area (Å²) in [4.78, 5) is 4.54. The summed E-state index contributed by atoms with van der Waals surface area (Å²) >= 11 is 11.3. The summed E-state index contributed by atoms with van der Waals surface area (Å²) in [7, 11) is 0. The summed E-state index contributed by atoms with van der Waals surface area (Å²) in [6, 6.07) is 11.9. The molecule has 19 heavy (non-hydrogen) atoms. The van der Waals surface area contributed by atoms with Gasteiger partial charge in [-0.05, 0) is 52.7 Å². The number of benzene rings is 2. The van der Waals surface area contributed by atoms with E-state index >= 15 is 0 Å². The van der Waals surface area contributed by atoms with Gasteiger partial charge >= 0.3 is 0 Å². The van der Waals surface area contributed by atoms with Gasteiger partial charge in [-0.2, -0.15) is 0 Å². The number of rotatable bonds is 2. The average Bonchev–Trinajstić information content (AvgIpc) is 2.78. The molecular formula is C14H10BrClN2S. The summed E-state index contributed by atoms with van der Waals surface area (Å²) in [6.07, 6.45) is 0. The van der Waals surface area contributed by atoms with Gasteiger partial charge in [0, 0.05) is 4.47 Å². The highest BCUT2D eigenvalue weighted by Gasteiger charge is 2.08. The van der Waals surface area contributed by atoms with E-state index in [-0.39, 0.29) is 0 Å². The van der Waals surface area contributed by atoms with Crippen LogP contribution in [0, 0.1) is 6.92 Å². The fourth-order valence-corrected chi connectivity index (χ4v) is 3.33. The van der Waals surface area contributed by atoms with Crippen LogP contribution in [0.3, 0.4) is 0 Å². The van der Waals surface area contributed by atoms with Crippen LogP contribution in [0.2, 0.25) is 5.02 Å². The molecule has 0 amide bonds. The van der Waals surface area contributed by atoms with Crippen LogP contribution in [0.1, 0.15) is 5.56 Å². The highest BCUT2D eigenvalue weighted by atomic mass is 79.9. The Bertz CT molecular complexity index is 754. The van der Waals surface area contributed by atoms with Crippen LogP contribution in [0.15, 0.2) is 40.9 Å². The number of nitrogens with one attached hydrogen (secondary N) is 1. The first-order valence-electron chi connectivity index (χ1n) is 5.72. The Hall–Kier alpha value is -1.10. The molecule has 0 unspecified atom stereocenters. The molecule has 0 bridgehead atoms. The number of hydrogen-bond donors (Lipinski definition) is 1. The molecule has 3 rings (SSSR count). The second kappa shape index (κ2) is 5.12. The monoisotopic (exact) mass is 352 g/mol. The van der Waals surface area contributed by atoms with Crippen molar-refractivity contribution in [3.05, 3.63) is 51.5 Å². The van der Waals surface area contributed by atoms with E-state index in [1.807, 2.05) is 24.3 Å². The first kappa shape index (κ1) is 12.9. The van der Waals surface area contributed by atoms with Gasteiger partial charge in [0.2, 0.25) is 0 Å². The lowest BCUT2D eigenvalue weighted by atomic mass is 10.2. The molecular weight excluding hydrogens is 344 g/mol. The van der Waals surface area contributed by atoms with Gasteiger partial charge in [0.05, 0.1) is 20.9 Å². The highest BCUT2D eigenvalue weighted by molar-refractivity contribution is 9.10. The molecule has 5 heteroatoms. The van der Waals surface area contributed by atoms with Gasteiger partial charge in [0.1, 0.15) is 0 Å². The fraction of sp³-hybridized carbons (Fsp3) is 0.0714. The molecule has 2 nitrogen and oxygen atoms in total. The second-order valence-corrected chi connectivity index (χ2v) is 6.48. The topological polar surface area (TPSA) is 24.9 Å². The number of aromatic nitrogens is 1. The zero-order valence-corrected chi connectivity index (χ0v) is 13.2. The third-order valence-electron chi connectivity index (χ3n) is 2.73. The van der Waals surface area contributed by atoms with Crippen LogP contribution < -0.4 is 5.32 Å². The molecule has 0 saturated heterocycles. The smallest absolute Gasteiger partial charge is 0.188 e. The largest absolute Gasteiger partial charge is 0.331 e. The van der Waals surface area contributed by atoms with E-state index in [2.05, 4.69) is 45.3 Å². The quantitative estimate of drug-likeness (QED) is 0.633. The molecule has 0 saturated carbocycles. The summed E-state index contributed by atoms with van der Waals surface area (Å²) in [5.74, 6) is 0. The van der Waals surface area contributed by atoms with Crippen LogP contribution in [0.5, 0.6) is 0 Å². The van der Waals surface area contributed by atoms with Crippen LogP contribution in [0.25, 0.3) is 10.2 Å². The van der Waals surface area contributed by atoms with Crippen molar-refractivity contribution in [2.45, 2.75) is 6.92 Å². The van der Waals surface area contributed by atoms with Gasteiger partial charge in [0.25, 0.3) is 0 Å². The predicted molar refractivity (Wildman–Crippen MR) is 86.8 cm³/mol. The lowest BCUT2D eigenvalue weighted by Gasteiger charge is -2.06. The van der Waals surface area contributed by atoms with Crippen molar-refractivity contribution < 1.29 is 0 Å². The van der Waals surface area contributed by atoms with E-state index in [1.54, 1.807) is 11.3 Å². The molecule has 0 aliphatic heterocycles. The molecule has 0 fully saturated rings. The number of aryl methyl sites for hydroxylation is 1. The Kier molecular flexibility index (Phi) is 3.48. The molecule has 0 radical (unpaired) electrons. The van der Waals surface area contributed by atoms with Gasteiger partial charge in [-0.3, -0.25) is 0 Å². The molecule has 3 aromatic rings. The van der Waals surface area contributed by atoms with E-state index < -0.39 is 0 Å². The van der Waals surface area contributed by atoms with Crippen LogP contribution in [0.4, 0.5) is 10.8 Å². The Morgan fingerprint density at radius 3 is 2.89 bits per heavy atom.